The van der Waals surface area contributed by atoms with Crippen molar-refractivity contribution in [1.82, 2.24) is 9.97 Å². The third-order valence-electron chi connectivity index (χ3n) is 3.46. The molecule has 0 bridgehead atoms. The number of nitrogens with zero attached hydrogens (tertiary/aromatic N) is 2. The summed E-state index contributed by atoms with van der Waals surface area (Å²) in [5.41, 5.74) is 0.982. The first-order valence-corrected chi connectivity index (χ1v) is 7.44. The molecule has 0 radical (unpaired) electrons. The third kappa shape index (κ3) is 3.60. The first kappa shape index (κ1) is 15.0. The number of anilines is 1. The van der Waals surface area contributed by atoms with E-state index < -0.39 is 0 Å². The largest absolute Gasteiger partial charge is 0.477 e. The summed E-state index contributed by atoms with van der Waals surface area (Å²) in [5.74, 6) is 3.17. The summed E-state index contributed by atoms with van der Waals surface area (Å²) < 4.78 is 11.3. The van der Waals surface area contributed by atoms with Crippen LogP contribution in [0, 0.1) is 12.8 Å². The zero-order valence-corrected chi connectivity index (χ0v) is 12.9. The summed E-state index contributed by atoms with van der Waals surface area (Å²) in [6.45, 7) is 11.4. The highest BCUT2D eigenvalue weighted by atomic mass is 16.5. The fraction of sp³-hybridized carbons (Fsp3) is 0.733. The number of hydrogen-bond donors (Lipinski definition) is 1. The van der Waals surface area contributed by atoms with Crippen molar-refractivity contribution in [1.29, 1.82) is 0 Å². The fourth-order valence-electron chi connectivity index (χ4n) is 2.16. The number of aromatic nitrogens is 2. The molecule has 1 unspecified atom stereocenters. The smallest absolute Gasteiger partial charge is 0.221 e. The van der Waals surface area contributed by atoms with Crippen LogP contribution in [0.15, 0.2) is 0 Å². The van der Waals surface area contributed by atoms with Crippen molar-refractivity contribution in [3.63, 3.8) is 0 Å². The van der Waals surface area contributed by atoms with E-state index in [9.17, 15) is 0 Å². The predicted molar refractivity (Wildman–Crippen MR) is 79.4 cm³/mol. The molecule has 0 aromatic carbocycles. The van der Waals surface area contributed by atoms with Gasteiger partial charge < -0.3 is 14.8 Å². The highest BCUT2D eigenvalue weighted by molar-refractivity contribution is 5.48. The molecule has 0 saturated carbocycles. The molecule has 5 nitrogen and oxygen atoms in total. The standard InChI is InChI=1S/C15H25N3O2/c1-5-16-14-11(4)15(18-13(17-14)10(2)3)20-9-12-6-7-19-8-12/h10,12H,5-9H2,1-4H3,(H,16,17,18). The quantitative estimate of drug-likeness (QED) is 0.867. The van der Waals surface area contributed by atoms with E-state index in [2.05, 4.69) is 36.1 Å². The van der Waals surface area contributed by atoms with Gasteiger partial charge in [-0.3, -0.25) is 0 Å². The normalized spacial score (nSPS) is 18.6. The Morgan fingerprint density at radius 2 is 2.20 bits per heavy atom. The lowest BCUT2D eigenvalue weighted by atomic mass is 10.1. The van der Waals surface area contributed by atoms with E-state index in [1.54, 1.807) is 0 Å². The zero-order valence-electron chi connectivity index (χ0n) is 12.9. The Morgan fingerprint density at radius 3 is 2.80 bits per heavy atom. The molecule has 1 aliphatic rings. The Balaban J connectivity index is 2.15. The van der Waals surface area contributed by atoms with E-state index in [0.29, 0.717) is 18.4 Å². The van der Waals surface area contributed by atoms with Crippen LogP contribution in [0.25, 0.3) is 0 Å². The van der Waals surface area contributed by atoms with Crippen LogP contribution in [0.5, 0.6) is 5.88 Å². The predicted octanol–water partition coefficient (Wildman–Crippen LogP) is 2.76. The average Bonchev–Trinajstić information content (AvgIpc) is 2.92. The topological polar surface area (TPSA) is 56.3 Å². The van der Waals surface area contributed by atoms with Gasteiger partial charge in [0.15, 0.2) is 0 Å². The molecule has 1 aromatic rings. The molecule has 112 valence electrons. The van der Waals surface area contributed by atoms with Crippen LogP contribution in [-0.4, -0.2) is 36.3 Å². The molecule has 1 saturated heterocycles. The molecule has 1 aliphatic heterocycles. The molecule has 2 rings (SSSR count). The summed E-state index contributed by atoms with van der Waals surface area (Å²) in [6, 6.07) is 0. The van der Waals surface area contributed by atoms with Gasteiger partial charge in [-0.25, -0.2) is 4.98 Å². The van der Waals surface area contributed by atoms with Crippen LogP contribution in [0.1, 0.15) is 44.5 Å². The maximum Gasteiger partial charge on any atom is 0.221 e. The molecule has 20 heavy (non-hydrogen) atoms. The molecule has 0 amide bonds. The summed E-state index contributed by atoms with van der Waals surface area (Å²) in [7, 11) is 0. The average molecular weight is 279 g/mol. The van der Waals surface area contributed by atoms with Gasteiger partial charge in [0, 0.05) is 25.0 Å². The first-order valence-electron chi connectivity index (χ1n) is 7.44. The van der Waals surface area contributed by atoms with E-state index in [4.69, 9.17) is 9.47 Å². The lowest BCUT2D eigenvalue weighted by Crippen LogP contribution is -2.15. The van der Waals surface area contributed by atoms with Crippen molar-refractivity contribution < 1.29 is 9.47 Å². The van der Waals surface area contributed by atoms with Gasteiger partial charge in [-0.15, -0.1) is 0 Å². The van der Waals surface area contributed by atoms with E-state index in [1.165, 1.54) is 0 Å². The summed E-state index contributed by atoms with van der Waals surface area (Å²) in [6.07, 6.45) is 1.07. The monoisotopic (exact) mass is 279 g/mol. The lowest BCUT2D eigenvalue weighted by Gasteiger charge is -2.16. The fourth-order valence-corrected chi connectivity index (χ4v) is 2.16. The van der Waals surface area contributed by atoms with Crippen LogP contribution >= 0.6 is 0 Å². The molecule has 5 heteroatoms. The second kappa shape index (κ2) is 6.88. The Kier molecular flexibility index (Phi) is 5.17. The maximum absolute atomic E-state index is 5.93. The van der Waals surface area contributed by atoms with Crippen LogP contribution in [-0.2, 0) is 4.74 Å². The lowest BCUT2D eigenvalue weighted by molar-refractivity contribution is 0.165. The summed E-state index contributed by atoms with van der Waals surface area (Å²) in [4.78, 5) is 9.14. The first-order chi connectivity index (χ1) is 9.61. The van der Waals surface area contributed by atoms with Crippen molar-refractivity contribution in [2.75, 3.05) is 31.7 Å². The number of rotatable bonds is 6. The molecule has 1 atom stereocenters. The minimum atomic E-state index is 0.283. The minimum absolute atomic E-state index is 0.283. The number of hydrogen-bond acceptors (Lipinski definition) is 5. The van der Waals surface area contributed by atoms with Crippen LogP contribution in [0.2, 0.25) is 0 Å². The Hall–Kier alpha value is -1.36. The Morgan fingerprint density at radius 1 is 1.40 bits per heavy atom. The van der Waals surface area contributed by atoms with Crippen LogP contribution in [0.4, 0.5) is 5.82 Å². The van der Waals surface area contributed by atoms with Crippen molar-refractivity contribution in [2.24, 2.45) is 5.92 Å². The SMILES string of the molecule is CCNc1nc(C(C)C)nc(OCC2CCOC2)c1C. The molecular formula is C15H25N3O2. The van der Waals surface area contributed by atoms with E-state index in [0.717, 1.165) is 43.4 Å². The van der Waals surface area contributed by atoms with Gasteiger partial charge in [-0.2, -0.15) is 4.98 Å². The van der Waals surface area contributed by atoms with Gasteiger partial charge in [0.2, 0.25) is 5.88 Å². The zero-order chi connectivity index (χ0) is 14.5. The second-order valence-electron chi connectivity index (χ2n) is 5.59. The maximum atomic E-state index is 5.93. The summed E-state index contributed by atoms with van der Waals surface area (Å²) >= 11 is 0. The Labute approximate surface area is 121 Å². The molecule has 2 heterocycles. The highest BCUT2D eigenvalue weighted by Crippen LogP contribution is 2.26. The molecule has 1 aromatic heterocycles. The van der Waals surface area contributed by atoms with Gasteiger partial charge >= 0.3 is 0 Å². The number of ether oxygens (including phenoxy) is 2. The van der Waals surface area contributed by atoms with Crippen molar-refractivity contribution in [3.05, 3.63) is 11.4 Å². The molecular weight excluding hydrogens is 254 g/mol. The highest BCUT2D eigenvalue weighted by Gasteiger charge is 2.19. The van der Waals surface area contributed by atoms with Crippen molar-refractivity contribution >= 4 is 5.82 Å². The van der Waals surface area contributed by atoms with Gasteiger partial charge in [0.05, 0.1) is 18.8 Å². The third-order valence-corrected chi connectivity index (χ3v) is 3.46. The van der Waals surface area contributed by atoms with Crippen molar-refractivity contribution in [2.45, 2.75) is 40.0 Å². The second-order valence-corrected chi connectivity index (χ2v) is 5.59. The summed E-state index contributed by atoms with van der Waals surface area (Å²) in [5, 5.41) is 3.28. The van der Waals surface area contributed by atoms with E-state index in [-0.39, 0.29) is 5.92 Å². The van der Waals surface area contributed by atoms with Gasteiger partial charge in [-0.05, 0) is 20.3 Å². The van der Waals surface area contributed by atoms with Crippen LogP contribution < -0.4 is 10.1 Å². The van der Waals surface area contributed by atoms with Gasteiger partial charge in [0.1, 0.15) is 11.6 Å². The van der Waals surface area contributed by atoms with Crippen LogP contribution in [0.3, 0.4) is 0 Å². The van der Waals surface area contributed by atoms with Gasteiger partial charge in [-0.1, -0.05) is 13.8 Å². The van der Waals surface area contributed by atoms with Gasteiger partial charge in [0.25, 0.3) is 0 Å². The number of nitrogens with one attached hydrogen (secondary N) is 1. The Bertz CT molecular complexity index is 443. The van der Waals surface area contributed by atoms with Crippen molar-refractivity contribution in [3.8, 4) is 5.88 Å². The molecule has 1 fully saturated rings. The minimum Gasteiger partial charge on any atom is -0.477 e. The van der Waals surface area contributed by atoms with E-state index in [1.807, 2.05) is 6.92 Å². The molecule has 0 spiro atoms. The molecule has 0 aliphatic carbocycles. The van der Waals surface area contributed by atoms with E-state index >= 15 is 0 Å². The molecule has 1 N–H and O–H groups in total.